The van der Waals surface area contributed by atoms with E-state index in [9.17, 15) is 19.2 Å². The maximum Gasteiger partial charge on any atom is 0.407 e. The Labute approximate surface area is 330 Å². The Morgan fingerprint density at radius 1 is 0.737 bits per heavy atom. The third kappa shape index (κ3) is 7.98. The van der Waals surface area contributed by atoms with Crippen LogP contribution < -0.4 is 11.1 Å². The average molecular weight is 771 g/mol. The molecular weight excluding hydrogens is 725 g/mol. The smallest absolute Gasteiger partial charge is 0.407 e. The van der Waals surface area contributed by atoms with Gasteiger partial charge in [0, 0.05) is 30.6 Å². The van der Waals surface area contributed by atoms with Gasteiger partial charge in [-0.1, -0.05) is 78.9 Å². The van der Waals surface area contributed by atoms with Gasteiger partial charge in [-0.05, 0) is 67.2 Å². The van der Waals surface area contributed by atoms with Crippen molar-refractivity contribution in [3.8, 4) is 33.6 Å². The number of methoxy groups -OCH3 is 1. The molecule has 14 heteroatoms. The molecular formula is C43H46N8O6. The number of carbonyl (C=O) groups excluding carboxylic acids is 4. The Morgan fingerprint density at radius 2 is 1.28 bits per heavy atom. The van der Waals surface area contributed by atoms with Gasteiger partial charge in [0.05, 0.1) is 43.0 Å². The van der Waals surface area contributed by atoms with E-state index in [1.165, 1.54) is 7.11 Å². The van der Waals surface area contributed by atoms with Gasteiger partial charge >= 0.3 is 12.2 Å². The molecule has 294 valence electrons. The van der Waals surface area contributed by atoms with Crippen LogP contribution in [0.2, 0.25) is 0 Å². The Hall–Kier alpha value is -6.44. The number of amides is 4. The van der Waals surface area contributed by atoms with E-state index >= 15 is 0 Å². The largest absolute Gasteiger partial charge is 0.453 e. The first kappa shape index (κ1) is 37.5. The summed E-state index contributed by atoms with van der Waals surface area (Å²) < 4.78 is 10.0. The first-order valence-corrected chi connectivity index (χ1v) is 19.5. The molecule has 3 aliphatic rings. The number of aromatic amines is 2. The minimum absolute atomic E-state index is 0.0466. The molecule has 57 heavy (non-hydrogen) atoms. The molecule has 0 unspecified atom stereocenters. The second-order valence-electron chi connectivity index (χ2n) is 15.0. The van der Waals surface area contributed by atoms with E-state index in [1.54, 1.807) is 35.4 Å². The van der Waals surface area contributed by atoms with Crippen molar-refractivity contribution in [3.63, 3.8) is 0 Å². The zero-order valence-electron chi connectivity index (χ0n) is 31.7. The highest BCUT2D eigenvalue weighted by Crippen LogP contribution is 2.38. The minimum atomic E-state index is -1.13. The second kappa shape index (κ2) is 16.3. The van der Waals surface area contributed by atoms with E-state index in [2.05, 4.69) is 56.7 Å². The summed E-state index contributed by atoms with van der Waals surface area (Å²) in [6.07, 6.45) is 6.44. The number of benzene rings is 3. The molecule has 14 nitrogen and oxygen atoms in total. The molecule has 2 aliphatic heterocycles. The van der Waals surface area contributed by atoms with Crippen molar-refractivity contribution < 1.29 is 28.7 Å². The van der Waals surface area contributed by atoms with Gasteiger partial charge in [-0.3, -0.25) is 9.59 Å². The van der Waals surface area contributed by atoms with Crippen LogP contribution in [0.25, 0.3) is 33.6 Å². The fraction of sp³-hybridized carbons (Fsp3) is 0.349. The monoisotopic (exact) mass is 770 g/mol. The zero-order chi connectivity index (χ0) is 39.5. The summed E-state index contributed by atoms with van der Waals surface area (Å²) in [5, 5.41) is 2.84. The van der Waals surface area contributed by atoms with Gasteiger partial charge in [0.2, 0.25) is 12.0 Å². The van der Waals surface area contributed by atoms with Gasteiger partial charge in [-0.25, -0.2) is 19.6 Å². The highest BCUT2D eigenvalue weighted by atomic mass is 16.6. The molecule has 3 aromatic carbocycles. The highest BCUT2D eigenvalue weighted by molar-refractivity contribution is 5.85. The third-order valence-corrected chi connectivity index (χ3v) is 11.5. The topological polar surface area (TPSA) is 189 Å². The molecule has 3 fully saturated rings. The first-order chi connectivity index (χ1) is 27.7. The number of hydrogen-bond acceptors (Lipinski definition) is 8. The number of carbonyl (C=O) groups is 4. The molecule has 1 aliphatic carbocycles. The lowest BCUT2D eigenvalue weighted by Crippen LogP contribution is -2.37. The van der Waals surface area contributed by atoms with Crippen LogP contribution in [0.3, 0.4) is 0 Å². The number of hydrogen-bond donors (Lipinski definition) is 4. The summed E-state index contributed by atoms with van der Waals surface area (Å²) in [5.74, 6) is 1.15. The summed E-state index contributed by atoms with van der Waals surface area (Å²) in [5.41, 5.74) is 11.7. The Morgan fingerprint density at radius 3 is 1.84 bits per heavy atom. The Bertz CT molecular complexity index is 2220. The molecule has 0 spiro atoms. The highest BCUT2D eigenvalue weighted by Gasteiger charge is 2.40. The van der Waals surface area contributed by atoms with Crippen LogP contribution in [0, 0.1) is 5.92 Å². The summed E-state index contributed by atoms with van der Waals surface area (Å²) in [6, 6.07) is 25.0. The number of alkyl carbamates (subject to hydrolysis) is 1. The number of aromatic nitrogens is 4. The molecule has 1 saturated carbocycles. The SMILES string of the molecule is COC(=O)N[C@H]1CC[C@@H](C(=O)N2CCC[C@H]2c2ncc(-c3ccc(-c4ccc(-c5cnc([C@@H]6CCCN6C(=O)[C@H](OC(N)=O)c6ccccc6)[nH]5)cc4)cc3)[nH]2)C1. The molecule has 4 amide bonds. The van der Waals surface area contributed by atoms with Crippen LogP contribution in [-0.2, 0) is 19.1 Å². The normalized spacial score (nSPS) is 21.0. The summed E-state index contributed by atoms with van der Waals surface area (Å²) in [7, 11) is 1.35. The molecule has 2 saturated heterocycles. The van der Waals surface area contributed by atoms with Crippen LogP contribution in [0.4, 0.5) is 9.59 Å². The molecule has 5 N–H and O–H groups in total. The van der Waals surface area contributed by atoms with Crippen molar-refractivity contribution in [1.82, 2.24) is 35.1 Å². The van der Waals surface area contributed by atoms with Crippen LogP contribution in [0.1, 0.15) is 80.3 Å². The van der Waals surface area contributed by atoms with Gasteiger partial charge in [0.25, 0.3) is 5.91 Å². The number of primary amides is 1. The zero-order valence-corrected chi connectivity index (χ0v) is 31.7. The van der Waals surface area contributed by atoms with Crippen molar-refractivity contribution in [2.45, 2.75) is 69.2 Å². The third-order valence-electron chi connectivity index (χ3n) is 11.5. The number of nitrogens with one attached hydrogen (secondary N) is 3. The minimum Gasteiger partial charge on any atom is -0.453 e. The Balaban J connectivity index is 0.902. The van der Waals surface area contributed by atoms with Crippen molar-refractivity contribution in [1.29, 1.82) is 0 Å². The number of likely N-dealkylation sites (tertiary alicyclic amines) is 2. The number of rotatable bonds is 10. The fourth-order valence-electron chi connectivity index (χ4n) is 8.57. The number of H-pyrrole nitrogens is 2. The van der Waals surface area contributed by atoms with Crippen LogP contribution >= 0.6 is 0 Å². The van der Waals surface area contributed by atoms with Gasteiger partial charge in [-0.15, -0.1) is 0 Å². The van der Waals surface area contributed by atoms with E-state index in [-0.39, 0.29) is 35.9 Å². The van der Waals surface area contributed by atoms with E-state index in [4.69, 9.17) is 20.2 Å². The van der Waals surface area contributed by atoms with Crippen LogP contribution in [0.15, 0.2) is 91.3 Å². The molecule has 4 heterocycles. The van der Waals surface area contributed by atoms with Crippen LogP contribution in [-0.4, -0.2) is 80.0 Å². The van der Waals surface area contributed by atoms with Gasteiger partial charge in [-0.2, -0.15) is 0 Å². The van der Waals surface area contributed by atoms with Gasteiger partial charge in [0.15, 0.2) is 0 Å². The second-order valence-corrected chi connectivity index (χ2v) is 15.0. The molecule has 0 bridgehead atoms. The summed E-state index contributed by atoms with van der Waals surface area (Å²) in [6.45, 7) is 1.21. The number of imidazole rings is 2. The molecule has 0 radical (unpaired) electrons. The number of nitrogens with zero attached hydrogens (tertiary/aromatic N) is 4. The number of ether oxygens (including phenoxy) is 2. The average Bonchev–Trinajstić information content (AvgIpc) is 4.09. The molecule has 5 atom stereocenters. The molecule has 8 rings (SSSR count). The fourth-order valence-corrected chi connectivity index (χ4v) is 8.57. The van der Waals surface area contributed by atoms with E-state index in [0.29, 0.717) is 30.9 Å². The maximum atomic E-state index is 13.7. The number of nitrogens with two attached hydrogens (primary N) is 1. The lowest BCUT2D eigenvalue weighted by molar-refractivity contribution is -0.141. The predicted octanol–water partition coefficient (Wildman–Crippen LogP) is 6.82. The summed E-state index contributed by atoms with van der Waals surface area (Å²) >= 11 is 0. The van der Waals surface area contributed by atoms with Crippen molar-refractivity contribution >= 4 is 24.0 Å². The molecule has 5 aromatic rings. The van der Waals surface area contributed by atoms with Crippen molar-refractivity contribution in [2.24, 2.45) is 11.7 Å². The molecule has 2 aromatic heterocycles. The van der Waals surface area contributed by atoms with Gasteiger partial charge < -0.3 is 40.3 Å². The lowest BCUT2D eigenvalue weighted by atomic mass is 10.0. The standard InChI is InChI=1S/C43H46N8O6/c1-56-43(55)47-32-20-19-31(23-32)40(52)50-21-5-9-35(50)38-45-24-33(48-38)28-15-11-26(12-16-28)27-13-17-29(18-14-27)34-25-46-39(49-34)36-10-6-22-51(36)41(53)37(57-42(44)54)30-7-3-2-4-8-30/h2-4,7-8,11-18,24-25,31-32,35-37H,5-6,9-10,19-23H2,1H3,(H2,44,54)(H,45,48)(H,46,49)(H,47,55)/t31-,32+,35+,36+,37-/m1/s1. The van der Waals surface area contributed by atoms with E-state index in [0.717, 1.165) is 78.0 Å². The lowest BCUT2D eigenvalue weighted by Gasteiger charge is -2.27. The van der Waals surface area contributed by atoms with Crippen LogP contribution in [0.5, 0.6) is 0 Å². The quantitative estimate of drug-likeness (QED) is 0.119. The van der Waals surface area contributed by atoms with E-state index in [1.807, 2.05) is 29.3 Å². The Kier molecular flexibility index (Phi) is 10.7. The van der Waals surface area contributed by atoms with Crippen molar-refractivity contribution in [2.75, 3.05) is 20.2 Å². The van der Waals surface area contributed by atoms with Crippen molar-refractivity contribution in [3.05, 3.63) is 108 Å². The maximum absolute atomic E-state index is 13.7. The van der Waals surface area contributed by atoms with E-state index < -0.39 is 18.3 Å². The van der Waals surface area contributed by atoms with Gasteiger partial charge in [0.1, 0.15) is 11.6 Å². The summed E-state index contributed by atoms with van der Waals surface area (Å²) in [4.78, 5) is 70.6. The first-order valence-electron chi connectivity index (χ1n) is 19.5. The predicted molar refractivity (Wildman–Crippen MR) is 211 cm³/mol.